The zero-order valence-electron chi connectivity index (χ0n) is 8.34. The summed E-state index contributed by atoms with van der Waals surface area (Å²) >= 11 is 0. The first-order valence-corrected chi connectivity index (χ1v) is 5.94. The van der Waals surface area contributed by atoms with Crippen LogP contribution in [0.25, 0.3) is 0 Å². The molecule has 0 spiro atoms. The van der Waals surface area contributed by atoms with Crippen LogP contribution >= 0.6 is 0 Å². The standard InChI is InChI=1S/C11H20N2/c1-2-4-11-10(3-1)12-7-8-13(11)9-5-6-9/h9-12H,1-8H2/t10-,11-/m1/s1. The van der Waals surface area contributed by atoms with Crippen molar-refractivity contribution in [1.82, 2.24) is 10.2 Å². The Labute approximate surface area is 80.7 Å². The predicted molar refractivity (Wildman–Crippen MR) is 53.8 cm³/mol. The highest BCUT2D eigenvalue weighted by Gasteiger charge is 2.40. The van der Waals surface area contributed by atoms with Crippen molar-refractivity contribution in [1.29, 1.82) is 0 Å². The van der Waals surface area contributed by atoms with E-state index >= 15 is 0 Å². The summed E-state index contributed by atoms with van der Waals surface area (Å²) in [6.45, 7) is 2.55. The lowest BCUT2D eigenvalue weighted by Crippen LogP contribution is -2.59. The molecule has 2 saturated carbocycles. The van der Waals surface area contributed by atoms with Crippen LogP contribution in [-0.2, 0) is 0 Å². The highest BCUT2D eigenvalue weighted by Crippen LogP contribution is 2.34. The monoisotopic (exact) mass is 180 g/mol. The van der Waals surface area contributed by atoms with Crippen LogP contribution in [0, 0.1) is 0 Å². The second kappa shape index (κ2) is 3.25. The van der Waals surface area contributed by atoms with Gasteiger partial charge in [0.25, 0.3) is 0 Å². The summed E-state index contributed by atoms with van der Waals surface area (Å²) in [5.74, 6) is 0. The van der Waals surface area contributed by atoms with E-state index in [9.17, 15) is 0 Å². The van der Waals surface area contributed by atoms with Crippen LogP contribution in [0.4, 0.5) is 0 Å². The quantitative estimate of drug-likeness (QED) is 0.655. The van der Waals surface area contributed by atoms with Crippen LogP contribution in [0.2, 0.25) is 0 Å². The van der Waals surface area contributed by atoms with Crippen molar-refractivity contribution in [2.45, 2.75) is 56.7 Å². The van der Waals surface area contributed by atoms with Gasteiger partial charge in [0.05, 0.1) is 0 Å². The number of nitrogens with zero attached hydrogens (tertiary/aromatic N) is 1. The molecule has 1 heterocycles. The van der Waals surface area contributed by atoms with Crippen LogP contribution in [0.3, 0.4) is 0 Å². The van der Waals surface area contributed by atoms with E-state index in [1.807, 2.05) is 0 Å². The van der Waals surface area contributed by atoms with Crippen LogP contribution in [0.1, 0.15) is 38.5 Å². The highest BCUT2D eigenvalue weighted by molar-refractivity contribution is 4.98. The molecule has 13 heavy (non-hydrogen) atoms. The van der Waals surface area contributed by atoms with E-state index < -0.39 is 0 Å². The van der Waals surface area contributed by atoms with Gasteiger partial charge in [0.2, 0.25) is 0 Å². The molecule has 0 aromatic heterocycles. The molecule has 0 bridgehead atoms. The minimum Gasteiger partial charge on any atom is -0.311 e. The minimum absolute atomic E-state index is 0.836. The molecule has 3 aliphatic rings. The van der Waals surface area contributed by atoms with Gasteiger partial charge in [-0.25, -0.2) is 0 Å². The first-order chi connectivity index (χ1) is 6.45. The minimum atomic E-state index is 0.836. The van der Waals surface area contributed by atoms with Gasteiger partial charge in [-0.15, -0.1) is 0 Å². The molecule has 0 unspecified atom stereocenters. The molecule has 0 aromatic carbocycles. The van der Waals surface area contributed by atoms with E-state index in [0.29, 0.717) is 0 Å². The van der Waals surface area contributed by atoms with Gasteiger partial charge in [-0.2, -0.15) is 0 Å². The molecule has 2 heteroatoms. The van der Waals surface area contributed by atoms with Gasteiger partial charge >= 0.3 is 0 Å². The predicted octanol–water partition coefficient (Wildman–Crippen LogP) is 1.37. The van der Waals surface area contributed by atoms with Gasteiger partial charge in [0.15, 0.2) is 0 Å². The second-order valence-electron chi connectivity index (χ2n) is 4.88. The molecule has 2 aliphatic carbocycles. The maximum atomic E-state index is 3.69. The Morgan fingerprint density at radius 2 is 1.85 bits per heavy atom. The summed E-state index contributed by atoms with van der Waals surface area (Å²) in [5, 5.41) is 3.69. The van der Waals surface area contributed by atoms with Crippen molar-refractivity contribution < 1.29 is 0 Å². The van der Waals surface area contributed by atoms with E-state index in [-0.39, 0.29) is 0 Å². The molecule has 1 saturated heterocycles. The van der Waals surface area contributed by atoms with Crippen molar-refractivity contribution in [3.05, 3.63) is 0 Å². The number of hydrogen-bond acceptors (Lipinski definition) is 2. The third-order valence-corrected chi connectivity index (χ3v) is 3.95. The first-order valence-electron chi connectivity index (χ1n) is 5.94. The largest absolute Gasteiger partial charge is 0.311 e. The Morgan fingerprint density at radius 1 is 1.00 bits per heavy atom. The molecule has 2 atom stereocenters. The maximum Gasteiger partial charge on any atom is 0.0252 e. The van der Waals surface area contributed by atoms with Crippen LogP contribution in [0.5, 0.6) is 0 Å². The number of piperazine rings is 1. The normalized spacial score (nSPS) is 41.5. The van der Waals surface area contributed by atoms with Crippen molar-refractivity contribution >= 4 is 0 Å². The zero-order valence-corrected chi connectivity index (χ0v) is 8.34. The Kier molecular flexibility index (Phi) is 2.06. The molecule has 0 aromatic rings. The molecule has 3 fully saturated rings. The smallest absolute Gasteiger partial charge is 0.0252 e. The molecule has 0 radical (unpaired) electrons. The number of hydrogen-bond donors (Lipinski definition) is 1. The fourth-order valence-electron chi connectivity index (χ4n) is 3.15. The third kappa shape index (κ3) is 1.50. The van der Waals surface area contributed by atoms with Crippen LogP contribution < -0.4 is 5.32 Å². The van der Waals surface area contributed by atoms with Crippen molar-refractivity contribution in [2.24, 2.45) is 0 Å². The van der Waals surface area contributed by atoms with E-state index in [1.165, 1.54) is 51.6 Å². The summed E-state index contributed by atoms with van der Waals surface area (Å²) in [7, 11) is 0. The molecule has 74 valence electrons. The Hall–Kier alpha value is -0.0800. The lowest BCUT2D eigenvalue weighted by atomic mass is 9.87. The summed E-state index contributed by atoms with van der Waals surface area (Å²) < 4.78 is 0. The highest BCUT2D eigenvalue weighted by atomic mass is 15.3. The van der Waals surface area contributed by atoms with Gasteiger partial charge < -0.3 is 5.32 Å². The lowest BCUT2D eigenvalue weighted by Gasteiger charge is -2.45. The van der Waals surface area contributed by atoms with Gasteiger partial charge in [0.1, 0.15) is 0 Å². The fraction of sp³-hybridized carbons (Fsp3) is 1.00. The average molecular weight is 180 g/mol. The number of fused-ring (bicyclic) bond motifs is 1. The summed E-state index contributed by atoms with van der Waals surface area (Å²) in [6, 6.07) is 2.71. The molecule has 0 amide bonds. The van der Waals surface area contributed by atoms with E-state index in [1.54, 1.807) is 0 Å². The van der Waals surface area contributed by atoms with Crippen LogP contribution in [0.15, 0.2) is 0 Å². The Bertz CT molecular complexity index is 187. The molecule has 1 N–H and O–H groups in total. The number of nitrogens with one attached hydrogen (secondary N) is 1. The maximum absolute atomic E-state index is 3.69. The van der Waals surface area contributed by atoms with Gasteiger partial charge in [-0.3, -0.25) is 4.90 Å². The number of rotatable bonds is 1. The van der Waals surface area contributed by atoms with Crippen molar-refractivity contribution in [3.63, 3.8) is 0 Å². The molecular formula is C11H20N2. The van der Waals surface area contributed by atoms with Gasteiger partial charge in [0, 0.05) is 31.2 Å². The third-order valence-electron chi connectivity index (χ3n) is 3.95. The van der Waals surface area contributed by atoms with E-state index in [0.717, 1.165) is 18.1 Å². The fourth-order valence-corrected chi connectivity index (χ4v) is 3.15. The van der Waals surface area contributed by atoms with Crippen molar-refractivity contribution in [2.75, 3.05) is 13.1 Å². The van der Waals surface area contributed by atoms with E-state index in [2.05, 4.69) is 10.2 Å². The first kappa shape index (κ1) is 8.25. The topological polar surface area (TPSA) is 15.3 Å². The molecule has 3 rings (SSSR count). The molecular weight excluding hydrogens is 160 g/mol. The SMILES string of the molecule is C1CC[C@H]2NCCN(C3CC3)[C@@H]2C1. The Morgan fingerprint density at radius 3 is 2.69 bits per heavy atom. The van der Waals surface area contributed by atoms with E-state index in [4.69, 9.17) is 0 Å². The van der Waals surface area contributed by atoms with Gasteiger partial charge in [-0.05, 0) is 25.7 Å². The molecule has 1 aliphatic heterocycles. The summed E-state index contributed by atoms with van der Waals surface area (Å²) in [5.41, 5.74) is 0. The van der Waals surface area contributed by atoms with Gasteiger partial charge in [-0.1, -0.05) is 12.8 Å². The lowest BCUT2D eigenvalue weighted by molar-refractivity contribution is 0.0810. The summed E-state index contributed by atoms with van der Waals surface area (Å²) in [4.78, 5) is 2.81. The van der Waals surface area contributed by atoms with Crippen LogP contribution in [-0.4, -0.2) is 36.1 Å². The Balaban J connectivity index is 1.71. The summed E-state index contributed by atoms with van der Waals surface area (Å²) in [6.07, 6.45) is 8.74. The average Bonchev–Trinajstić information content (AvgIpc) is 3.00. The zero-order chi connectivity index (χ0) is 8.67. The molecule has 2 nitrogen and oxygen atoms in total. The van der Waals surface area contributed by atoms with Crippen molar-refractivity contribution in [3.8, 4) is 0 Å². The second-order valence-corrected chi connectivity index (χ2v) is 4.88.